The van der Waals surface area contributed by atoms with Crippen molar-refractivity contribution in [1.29, 1.82) is 0 Å². The lowest BCUT2D eigenvalue weighted by Crippen LogP contribution is -2.19. The molecule has 0 radical (unpaired) electrons. The predicted molar refractivity (Wildman–Crippen MR) is 64.4 cm³/mol. The first-order valence-corrected chi connectivity index (χ1v) is 5.34. The number of esters is 1. The van der Waals surface area contributed by atoms with Gasteiger partial charge < -0.3 is 14.8 Å². The number of thiocarbonyl (C=S) groups is 1. The summed E-state index contributed by atoms with van der Waals surface area (Å²) in [5.74, 6) is -3.23. The Morgan fingerprint density at radius 3 is 2.61 bits per heavy atom. The number of hydrogen-bond donors (Lipinski definition) is 1. The van der Waals surface area contributed by atoms with Gasteiger partial charge in [0, 0.05) is 19.5 Å². The van der Waals surface area contributed by atoms with Crippen LogP contribution in [-0.4, -0.2) is 24.8 Å². The Balaban J connectivity index is 2.87. The van der Waals surface area contributed by atoms with Crippen molar-refractivity contribution in [2.45, 2.75) is 6.92 Å². The second-order valence-electron chi connectivity index (χ2n) is 3.22. The van der Waals surface area contributed by atoms with Crippen molar-refractivity contribution in [2.75, 3.05) is 13.8 Å². The Bertz CT molecular complexity index is 480. The molecule has 0 spiro atoms. The summed E-state index contributed by atoms with van der Waals surface area (Å²) in [7, 11) is 1.50. The summed E-state index contributed by atoms with van der Waals surface area (Å²) in [6.07, 6.45) is 0. The van der Waals surface area contributed by atoms with E-state index in [1.807, 2.05) is 0 Å². The van der Waals surface area contributed by atoms with Gasteiger partial charge in [-0.3, -0.25) is 4.79 Å². The third-order valence-electron chi connectivity index (χ3n) is 2.00. The maximum Gasteiger partial charge on any atom is 0.305 e. The standard InChI is InChI=1S/C11H11F2NO3S/c1-6(15)16-5-17-8-4-3-7(11(18)14-2)9(12)10(8)13/h3-4H,5H2,1-2H3,(H,14,18). The van der Waals surface area contributed by atoms with Crippen LogP contribution in [-0.2, 0) is 9.53 Å². The molecule has 18 heavy (non-hydrogen) atoms. The average molecular weight is 275 g/mol. The molecule has 7 heteroatoms. The molecule has 0 heterocycles. The van der Waals surface area contributed by atoms with Crippen molar-refractivity contribution in [1.82, 2.24) is 5.32 Å². The first-order chi connectivity index (χ1) is 8.47. The van der Waals surface area contributed by atoms with Gasteiger partial charge >= 0.3 is 5.97 Å². The predicted octanol–water partition coefficient (Wildman–Crippen LogP) is 1.76. The van der Waals surface area contributed by atoms with Crippen LogP contribution in [0.4, 0.5) is 8.78 Å². The Morgan fingerprint density at radius 2 is 2.06 bits per heavy atom. The van der Waals surface area contributed by atoms with Crippen molar-refractivity contribution in [3.8, 4) is 5.75 Å². The number of ether oxygens (including phenoxy) is 2. The van der Waals surface area contributed by atoms with Crippen LogP contribution in [0.1, 0.15) is 12.5 Å². The van der Waals surface area contributed by atoms with Crippen molar-refractivity contribution in [3.05, 3.63) is 29.3 Å². The summed E-state index contributed by atoms with van der Waals surface area (Å²) in [6, 6.07) is 2.49. The number of rotatable bonds is 4. The van der Waals surface area contributed by atoms with Crippen molar-refractivity contribution < 1.29 is 23.0 Å². The summed E-state index contributed by atoms with van der Waals surface area (Å²) < 4.78 is 36.4. The molecule has 0 atom stereocenters. The van der Waals surface area contributed by atoms with E-state index in [-0.39, 0.29) is 16.3 Å². The second-order valence-corrected chi connectivity index (χ2v) is 3.62. The lowest BCUT2D eigenvalue weighted by atomic mass is 10.2. The van der Waals surface area contributed by atoms with E-state index >= 15 is 0 Å². The molecule has 0 bridgehead atoms. The molecule has 1 N–H and O–H groups in total. The smallest absolute Gasteiger partial charge is 0.305 e. The van der Waals surface area contributed by atoms with Gasteiger partial charge in [-0.15, -0.1) is 0 Å². The number of carbonyl (C=O) groups excluding carboxylic acids is 1. The highest BCUT2D eigenvalue weighted by Gasteiger charge is 2.16. The largest absolute Gasteiger partial charge is 0.454 e. The Labute approximate surface area is 108 Å². The molecule has 0 aliphatic rings. The van der Waals surface area contributed by atoms with Gasteiger partial charge in [0.05, 0.1) is 0 Å². The lowest BCUT2D eigenvalue weighted by molar-refractivity contribution is -0.147. The van der Waals surface area contributed by atoms with E-state index < -0.39 is 24.4 Å². The van der Waals surface area contributed by atoms with Gasteiger partial charge in [-0.2, -0.15) is 4.39 Å². The summed E-state index contributed by atoms with van der Waals surface area (Å²) >= 11 is 4.81. The molecule has 1 rings (SSSR count). The second kappa shape index (κ2) is 6.25. The highest BCUT2D eigenvalue weighted by molar-refractivity contribution is 7.80. The topological polar surface area (TPSA) is 47.6 Å². The lowest BCUT2D eigenvalue weighted by Gasteiger charge is -2.10. The minimum atomic E-state index is -1.18. The molecule has 0 saturated carbocycles. The summed E-state index contributed by atoms with van der Waals surface area (Å²) in [6.45, 7) is 0.691. The molecular weight excluding hydrogens is 264 g/mol. The number of halogens is 2. The molecule has 1 aromatic rings. The maximum atomic E-state index is 13.6. The number of carbonyl (C=O) groups is 1. The van der Waals surface area contributed by atoms with E-state index in [9.17, 15) is 13.6 Å². The molecule has 4 nitrogen and oxygen atoms in total. The molecule has 0 aliphatic carbocycles. The highest BCUT2D eigenvalue weighted by Crippen LogP contribution is 2.23. The molecule has 0 saturated heterocycles. The average Bonchev–Trinajstić information content (AvgIpc) is 2.33. The van der Waals surface area contributed by atoms with E-state index in [1.165, 1.54) is 26.1 Å². The van der Waals surface area contributed by atoms with Crippen LogP contribution in [0.3, 0.4) is 0 Å². The van der Waals surface area contributed by atoms with E-state index in [2.05, 4.69) is 10.1 Å². The van der Waals surface area contributed by atoms with Gasteiger partial charge in [0.2, 0.25) is 12.6 Å². The SMILES string of the molecule is CNC(=S)c1ccc(OCOC(C)=O)c(F)c1F. The van der Waals surface area contributed by atoms with E-state index in [0.29, 0.717) is 0 Å². The minimum absolute atomic E-state index is 0.0650. The van der Waals surface area contributed by atoms with Crippen LogP contribution in [0, 0.1) is 11.6 Å². The Hall–Kier alpha value is -1.76. The fraction of sp³-hybridized carbons (Fsp3) is 0.273. The van der Waals surface area contributed by atoms with Crippen LogP contribution in [0.2, 0.25) is 0 Å². The van der Waals surface area contributed by atoms with Crippen LogP contribution in [0.5, 0.6) is 5.75 Å². The third kappa shape index (κ3) is 3.36. The van der Waals surface area contributed by atoms with E-state index in [1.54, 1.807) is 0 Å². The van der Waals surface area contributed by atoms with Gasteiger partial charge in [0.1, 0.15) is 4.99 Å². The van der Waals surface area contributed by atoms with Gasteiger partial charge in [-0.05, 0) is 12.1 Å². The molecule has 98 valence electrons. The monoisotopic (exact) mass is 275 g/mol. The zero-order valence-electron chi connectivity index (χ0n) is 9.75. The van der Waals surface area contributed by atoms with Crippen molar-refractivity contribution >= 4 is 23.2 Å². The first-order valence-electron chi connectivity index (χ1n) is 4.93. The maximum absolute atomic E-state index is 13.6. The molecule has 0 aromatic heterocycles. The van der Waals surface area contributed by atoms with E-state index in [4.69, 9.17) is 17.0 Å². The van der Waals surface area contributed by atoms with Gasteiger partial charge in [0.15, 0.2) is 11.6 Å². The third-order valence-corrected chi connectivity index (χ3v) is 2.42. The zero-order chi connectivity index (χ0) is 13.7. The van der Waals surface area contributed by atoms with Crippen molar-refractivity contribution in [2.24, 2.45) is 0 Å². The number of hydrogen-bond acceptors (Lipinski definition) is 4. The molecule has 0 unspecified atom stereocenters. The summed E-state index contributed by atoms with van der Waals surface area (Å²) in [4.78, 5) is 10.6. The molecule has 0 amide bonds. The fourth-order valence-electron chi connectivity index (χ4n) is 1.13. The van der Waals surface area contributed by atoms with E-state index in [0.717, 1.165) is 0 Å². The summed E-state index contributed by atoms with van der Waals surface area (Å²) in [5.41, 5.74) is -0.0650. The van der Waals surface area contributed by atoms with Crippen LogP contribution in [0.25, 0.3) is 0 Å². The molecule has 0 fully saturated rings. The minimum Gasteiger partial charge on any atom is -0.454 e. The molecule has 0 aliphatic heterocycles. The first kappa shape index (κ1) is 14.3. The molecular formula is C11H11F2NO3S. The number of nitrogens with one attached hydrogen (secondary N) is 1. The van der Waals surface area contributed by atoms with Gasteiger partial charge in [0.25, 0.3) is 0 Å². The fourth-order valence-corrected chi connectivity index (χ4v) is 1.29. The van der Waals surface area contributed by atoms with Gasteiger partial charge in [-0.1, -0.05) is 12.2 Å². The zero-order valence-corrected chi connectivity index (χ0v) is 10.6. The van der Waals surface area contributed by atoms with Crippen LogP contribution < -0.4 is 10.1 Å². The molecule has 1 aromatic carbocycles. The van der Waals surface area contributed by atoms with Gasteiger partial charge in [-0.25, -0.2) is 4.39 Å². The van der Waals surface area contributed by atoms with Crippen LogP contribution in [0.15, 0.2) is 12.1 Å². The quantitative estimate of drug-likeness (QED) is 0.515. The van der Waals surface area contributed by atoms with Crippen LogP contribution >= 0.6 is 12.2 Å². The summed E-state index contributed by atoms with van der Waals surface area (Å²) in [5, 5.41) is 2.54. The van der Waals surface area contributed by atoms with Crippen molar-refractivity contribution in [3.63, 3.8) is 0 Å². The Kier molecular flexibility index (Phi) is 4.96. The number of benzene rings is 1. The normalized spacial score (nSPS) is 9.78. The highest BCUT2D eigenvalue weighted by atomic mass is 32.1. The Morgan fingerprint density at radius 1 is 1.39 bits per heavy atom.